The summed E-state index contributed by atoms with van der Waals surface area (Å²) in [5, 5.41) is 3.53. The van der Waals surface area contributed by atoms with E-state index in [2.05, 4.69) is 40.3 Å². The molecule has 0 spiro atoms. The fourth-order valence-electron chi connectivity index (χ4n) is 1.91. The molecule has 1 atom stereocenters. The van der Waals surface area contributed by atoms with Gasteiger partial charge in [0.15, 0.2) is 0 Å². The van der Waals surface area contributed by atoms with Crippen LogP contribution in [0, 0.1) is 0 Å². The van der Waals surface area contributed by atoms with Crippen LogP contribution in [0.4, 0.5) is 0 Å². The maximum Gasteiger partial charge on any atom is 0.0731 e. The topological polar surface area (TPSA) is 21.3 Å². The van der Waals surface area contributed by atoms with E-state index < -0.39 is 0 Å². The quantitative estimate of drug-likeness (QED) is 0.735. The molecule has 3 heteroatoms. The molecule has 1 aromatic rings. The third-order valence-corrected chi connectivity index (χ3v) is 4.05. The maximum absolute atomic E-state index is 5.87. The van der Waals surface area contributed by atoms with Crippen molar-refractivity contribution in [3.8, 4) is 0 Å². The first-order valence-corrected chi connectivity index (χ1v) is 7.63. The van der Waals surface area contributed by atoms with E-state index in [0.29, 0.717) is 12.7 Å². The Balaban J connectivity index is 1.58. The zero-order valence-corrected chi connectivity index (χ0v) is 12.6. The number of hydrogen-bond donors (Lipinski definition) is 1. The van der Waals surface area contributed by atoms with Crippen molar-refractivity contribution in [1.29, 1.82) is 0 Å². The Kier molecular flexibility index (Phi) is 5.67. The average Bonchev–Trinajstić information content (AvgIpc) is 3.18. The normalized spacial score (nSPS) is 16.8. The molecule has 1 fully saturated rings. The monoisotopic (exact) mass is 311 g/mol. The van der Waals surface area contributed by atoms with Crippen LogP contribution in [-0.2, 0) is 11.3 Å². The third kappa shape index (κ3) is 5.09. The van der Waals surface area contributed by atoms with Crippen molar-refractivity contribution in [2.75, 3.05) is 6.54 Å². The Labute approximate surface area is 118 Å². The van der Waals surface area contributed by atoms with Crippen LogP contribution in [0.3, 0.4) is 0 Å². The zero-order chi connectivity index (χ0) is 12.8. The lowest BCUT2D eigenvalue weighted by Gasteiger charge is -2.14. The smallest absolute Gasteiger partial charge is 0.0731 e. The van der Waals surface area contributed by atoms with E-state index in [-0.39, 0.29) is 0 Å². The van der Waals surface area contributed by atoms with Crippen LogP contribution < -0.4 is 5.32 Å². The van der Waals surface area contributed by atoms with Crippen LogP contribution in [0.2, 0.25) is 0 Å². The van der Waals surface area contributed by atoms with Crippen LogP contribution in [-0.4, -0.2) is 18.7 Å². The first-order valence-electron chi connectivity index (χ1n) is 6.84. The predicted octanol–water partition coefficient (Wildman–Crippen LogP) is 3.89. The largest absolute Gasteiger partial charge is 0.374 e. The SMILES string of the molecule is CC(CCCNC1CC1)OCc1ccccc1Br. The molecule has 1 unspecified atom stereocenters. The standard InChI is InChI=1S/C15H22BrNO/c1-12(5-4-10-17-14-8-9-14)18-11-13-6-2-3-7-15(13)16/h2-3,6-7,12,14,17H,4-5,8-11H2,1H3. The molecular weight excluding hydrogens is 290 g/mol. The molecule has 18 heavy (non-hydrogen) atoms. The minimum Gasteiger partial charge on any atom is -0.374 e. The second kappa shape index (κ2) is 7.27. The van der Waals surface area contributed by atoms with E-state index in [1.165, 1.54) is 24.8 Å². The number of ether oxygens (including phenoxy) is 1. The Hall–Kier alpha value is -0.380. The van der Waals surface area contributed by atoms with Gasteiger partial charge in [0.1, 0.15) is 0 Å². The summed E-state index contributed by atoms with van der Waals surface area (Å²) < 4.78 is 7.01. The maximum atomic E-state index is 5.87. The summed E-state index contributed by atoms with van der Waals surface area (Å²) in [6, 6.07) is 9.06. The van der Waals surface area contributed by atoms with Gasteiger partial charge >= 0.3 is 0 Å². The summed E-state index contributed by atoms with van der Waals surface area (Å²) in [6.07, 6.45) is 5.40. The van der Waals surface area contributed by atoms with Gasteiger partial charge in [-0.15, -0.1) is 0 Å². The van der Waals surface area contributed by atoms with Crippen molar-refractivity contribution >= 4 is 15.9 Å². The second-order valence-corrected chi connectivity index (χ2v) is 5.94. The number of halogens is 1. The van der Waals surface area contributed by atoms with Crippen molar-refractivity contribution in [3.63, 3.8) is 0 Å². The van der Waals surface area contributed by atoms with Crippen LogP contribution in [0.1, 0.15) is 38.2 Å². The number of nitrogens with one attached hydrogen (secondary N) is 1. The number of rotatable bonds is 8. The van der Waals surface area contributed by atoms with Crippen LogP contribution >= 0.6 is 15.9 Å². The van der Waals surface area contributed by atoms with Gasteiger partial charge in [-0.05, 0) is 50.8 Å². The molecule has 0 aromatic heterocycles. The van der Waals surface area contributed by atoms with Gasteiger partial charge in [0.2, 0.25) is 0 Å². The van der Waals surface area contributed by atoms with Gasteiger partial charge in [0, 0.05) is 10.5 Å². The van der Waals surface area contributed by atoms with Gasteiger partial charge in [-0.25, -0.2) is 0 Å². The lowest BCUT2D eigenvalue weighted by atomic mass is 10.2. The molecule has 1 N–H and O–H groups in total. The molecule has 1 aromatic carbocycles. The first kappa shape index (κ1) is 14.0. The van der Waals surface area contributed by atoms with E-state index >= 15 is 0 Å². The van der Waals surface area contributed by atoms with E-state index in [0.717, 1.165) is 23.5 Å². The number of benzene rings is 1. The summed E-state index contributed by atoms with van der Waals surface area (Å²) in [4.78, 5) is 0. The highest BCUT2D eigenvalue weighted by atomic mass is 79.9. The third-order valence-electron chi connectivity index (χ3n) is 3.28. The van der Waals surface area contributed by atoms with Gasteiger partial charge in [-0.3, -0.25) is 0 Å². The van der Waals surface area contributed by atoms with Gasteiger partial charge in [0.25, 0.3) is 0 Å². The molecule has 1 saturated carbocycles. The minimum absolute atomic E-state index is 0.332. The first-order chi connectivity index (χ1) is 8.75. The van der Waals surface area contributed by atoms with E-state index in [1.807, 2.05) is 12.1 Å². The lowest BCUT2D eigenvalue weighted by Crippen LogP contribution is -2.19. The molecule has 0 heterocycles. The molecule has 1 aliphatic rings. The summed E-state index contributed by atoms with van der Waals surface area (Å²) in [5.41, 5.74) is 1.22. The van der Waals surface area contributed by atoms with Crippen molar-refractivity contribution in [2.24, 2.45) is 0 Å². The van der Waals surface area contributed by atoms with E-state index in [4.69, 9.17) is 4.74 Å². The Morgan fingerprint density at radius 2 is 2.17 bits per heavy atom. The van der Waals surface area contributed by atoms with Crippen LogP contribution in [0.15, 0.2) is 28.7 Å². The molecule has 0 amide bonds. The Morgan fingerprint density at radius 3 is 2.89 bits per heavy atom. The molecule has 1 aliphatic carbocycles. The van der Waals surface area contributed by atoms with Gasteiger partial charge in [0.05, 0.1) is 12.7 Å². The van der Waals surface area contributed by atoms with Crippen LogP contribution in [0.5, 0.6) is 0 Å². The second-order valence-electron chi connectivity index (χ2n) is 5.08. The van der Waals surface area contributed by atoms with Crippen molar-refractivity contribution < 1.29 is 4.74 Å². The molecular formula is C15H22BrNO. The van der Waals surface area contributed by atoms with Crippen molar-refractivity contribution in [1.82, 2.24) is 5.32 Å². The summed E-state index contributed by atoms with van der Waals surface area (Å²) >= 11 is 3.54. The predicted molar refractivity (Wildman–Crippen MR) is 78.7 cm³/mol. The lowest BCUT2D eigenvalue weighted by molar-refractivity contribution is 0.0460. The minimum atomic E-state index is 0.332. The van der Waals surface area contributed by atoms with Crippen LogP contribution in [0.25, 0.3) is 0 Å². The molecule has 0 aliphatic heterocycles. The Bertz CT molecular complexity index is 365. The van der Waals surface area contributed by atoms with Gasteiger partial charge in [-0.1, -0.05) is 34.1 Å². The fourth-order valence-corrected chi connectivity index (χ4v) is 2.31. The van der Waals surface area contributed by atoms with Crippen molar-refractivity contribution in [3.05, 3.63) is 34.3 Å². The summed E-state index contributed by atoms with van der Waals surface area (Å²) in [7, 11) is 0. The number of hydrogen-bond acceptors (Lipinski definition) is 2. The highest BCUT2D eigenvalue weighted by Gasteiger charge is 2.19. The van der Waals surface area contributed by atoms with Gasteiger partial charge in [-0.2, -0.15) is 0 Å². The molecule has 0 radical (unpaired) electrons. The fraction of sp³-hybridized carbons (Fsp3) is 0.600. The zero-order valence-electron chi connectivity index (χ0n) is 11.0. The van der Waals surface area contributed by atoms with Gasteiger partial charge < -0.3 is 10.1 Å². The highest BCUT2D eigenvalue weighted by Crippen LogP contribution is 2.19. The van der Waals surface area contributed by atoms with E-state index in [1.54, 1.807) is 0 Å². The molecule has 100 valence electrons. The molecule has 0 saturated heterocycles. The molecule has 2 rings (SSSR count). The summed E-state index contributed by atoms with van der Waals surface area (Å²) in [5.74, 6) is 0. The molecule has 2 nitrogen and oxygen atoms in total. The van der Waals surface area contributed by atoms with Crippen molar-refractivity contribution in [2.45, 2.75) is 51.4 Å². The summed E-state index contributed by atoms with van der Waals surface area (Å²) in [6.45, 7) is 3.99. The Morgan fingerprint density at radius 1 is 1.39 bits per heavy atom. The highest BCUT2D eigenvalue weighted by molar-refractivity contribution is 9.10. The van der Waals surface area contributed by atoms with E-state index in [9.17, 15) is 0 Å². The molecule has 0 bridgehead atoms. The average molecular weight is 312 g/mol.